The summed E-state index contributed by atoms with van der Waals surface area (Å²) >= 11 is 0. The van der Waals surface area contributed by atoms with Crippen molar-refractivity contribution in [3.05, 3.63) is 35.6 Å². The van der Waals surface area contributed by atoms with Gasteiger partial charge in [0.2, 0.25) is 11.8 Å². The van der Waals surface area contributed by atoms with Gasteiger partial charge in [-0.05, 0) is 24.8 Å². The van der Waals surface area contributed by atoms with Crippen LogP contribution in [0, 0.1) is 0 Å². The Morgan fingerprint density at radius 2 is 2.30 bits per heavy atom. The molecule has 2 unspecified atom stereocenters. The van der Waals surface area contributed by atoms with Gasteiger partial charge in [-0.2, -0.15) is 4.98 Å². The van der Waals surface area contributed by atoms with Gasteiger partial charge in [0.1, 0.15) is 0 Å². The third kappa shape index (κ3) is 2.80. The highest BCUT2D eigenvalue weighted by atomic mass is 16.5. The van der Waals surface area contributed by atoms with Crippen molar-refractivity contribution in [2.45, 2.75) is 37.6 Å². The number of hydrogen-bond acceptors (Lipinski definition) is 6. The van der Waals surface area contributed by atoms with E-state index in [2.05, 4.69) is 15.1 Å². The van der Waals surface area contributed by atoms with Crippen molar-refractivity contribution in [1.29, 1.82) is 0 Å². The Hall–Kier alpha value is -1.95. The van der Waals surface area contributed by atoms with Gasteiger partial charge in [-0.1, -0.05) is 11.2 Å². The van der Waals surface area contributed by atoms with Crippen LogP contribution in [0.1, 0.15) is 42.5 Å². The lowest BCUT2D eigenvalue weighted by molar-refractivity contribution is 0.350. The second-order valence-electron chi connectivity index (χ2n) is 5.20. The molecule has 2 N–H and O–H groups in total. The fourth-order valence-corrected chi connectivity index (χ4v) is 2.56. The third-order valence-electron chi connectivity index (χ3n) is 3.68. The summed E-state index contributed by atoms with van der Waals surface area (Å²) in [7, 11) is 1.60. The number of rotatable bonds is 4. The number of nitrogens with zero attached hydrogens (tertiary/aromatic N) is 3. The number of nitrogens with two attached hydrogens (primary N) is 1. The predicted octanol–water partition coefficient (Wildman–Crippen LogP) is 1.66. The average molecular weight is 274 g/mol. The first-order valence-corrected chi connectivity index (χ1v) is 6.81. The first-order valence-electron chi connectivity index (χ1n) is 6.81. The smallest absolute Gasteiger partial charge is 0.229 e. The Bertz CT molecular complexity index is 567. The SMILES string of the molecule is COc1ccc(Cc2noc(C3CCC(N)C3)n2)cn1. The second kappa shape index (κ2) is 5.58. The molecule has 0 aliphatic heterocycles. The monoisotopic (exact) mass is 274 g/mol. The fourth-order valence-electron chi connectivity index (χ4n) is 2.56. The molecule has 0 amide bonds. The summed E-state index contributed by atoms with van der Waals surface area (Å²) in [5, 5.41) is 4.04. The van der Waals surface area contributed by atoms with Crippen LogP contribution in [0.4, 0.5) is 0 Å². The van der Waals surface area contributed by atoms with Crippen LogP contribution < -0.4 is 10.5 Å². The van der Waals surface area contributed by atoms with Crippen LogP contribution in [-0.2, 0) is 6.42 Å². The highest BCUT2D eigenvalue weighted by molar-refractivity contribution is 5.20. The number of ether oxygens (including phenoxy) is 1. The van der Waals surface area contributed by atoms with E-state index in [4.69, 9.17) is 15.0 Å². The first-order chi connectivity index (χ1) is 9.74. The fraction of sp³-hybridized carbons (Fsp3) is 0.500. The lowest BCUT2D eigenvalue weighted by atomic mass is 10.1. The van der Waals surface area contributed by atoms with Gasteiger partial charge in [-0.3, -0.25) is 0 Å². The van der Waals surface area contributed by atoms with Crippen molar-refractivity contribution in [2.24, 2.45) is 5.73 Å². The molecule has 0 saturated heterocycles. The number of aromatic nitrogens is 3. The van der Waals surface area contributed by atoms with Gasteiger partial charge in [-0.25, -0.2) is 4.98 Å². The van der Waals surface area contributed by atoms with E-state index < -0.39 is 0 Å². The summed E-state index contributed by atoms with van der Waals surface area (Å²) in [6.45, 7) is 0. The Kier molecular flexibility index (Phi) is 3.64. The Labute approximate surface area is 117 Å². The number of hydrogen-bond donors (Lipinski definition) is 1. The topological polar surface area (TPSA) is 87.1 Å². The van der Waals surface area contributed by atoms with Crippen molar-refractivity contribution in [3.8, 4) is 5.88 Å². The molecule has 6 nitrogen and oxygen atoms in total. The van der Waals surface area contributed by atoms with Crippen LogP contribution in [0.15, 0.2) is 22.9 Å². The van der Waals surface area contributed by atoms with Crippen LogP contribution in [0.25, 0.3) is 0 Å². The molecular formula is C14H18N4O2. The van der Waals surface area contributed by atoms with E-state index in [1.54, 1.807) is 13.3 Å². The van der Waals surface area contributed by atoms with Gasteiger partial charge in [0.25, 0.3) is 0 Å². The number of pyridine rings is 1. The summed E-state index contributed by atoms with van der Waals surface area (Å²) < 4.78 is 10.4. The Morgan fingerprint density at radius 1 is 1.40 bits per heavy atom. The molecule has 2 aromatic heterocycles. The molecule has 20 heavy (non-hydrogen) atoms. The molecule has 2 aromatic rings. The zero-order valence-electron chi connectivity index (χ0n) is 11.5. The van der Waals surface area contributed by atoms with Gasteiger partial charge in [0.05, 0.1) is 7.11 Å². The Morgan fingerprint density at radius 3 is 2.95 bits per heavy atom. The van der Waals surface area contributed by atoms with Crippen LogP contribution in [0.2, 0.25) is 0 Å². The highest BCUT2D eigenvalue weighted by Crippen LogP contribution is 2.32. The molecule has 0 radical (unpaired) electrons. The predicted molar refractivity (Wildman–Crippen MR) is 72.5 cm³/mol. The van der Waals surface area contributed by atoms with E-state index in [-0.39, 0.29) is 6.04 Å². The van der Waals surface area contributed by atoms with Gasteiger partial charge in [-0.15, -0.1) is 0 Å². The molecule has 3 rings (SSSR count). The highest BCUT2D eigenvalue weighted by Gasteiger charge is 2.27. The molecule has 2 atom stereocenters. The van der Waals surface area contributed by atoms with Crippen molar-refractivity contribution < 1.29 is 9.26 Å². The van der Waals surface area contributed by atoms with E-state index in [1.807, 2.05) is 12.1 Å². The van der Waals surface area contributed by atoms with Gasteiger partial charge in [0, 0.05) is 30.6 Å². The molecule has 1 fully saturated rings. The molecule has 106 valence electrons. The number of methoxy groups -OCH3 is 1. The standard InChI is InChI=1S/C14H18N4O2/c1-19-13-5-2-9(8-16-13)6-12-17-14(20-18-12)10-3-4-11(15)7-10/h2,5,8,10-11H,3-4,6-7,15H2,1H3. The lowest BCUT2D eigenvalue weighted by Crippen LogP contribution is -2.14. The maximum atomic E-state index is 5.91. The van der Waals surface area contributed by atoms with Gasteiger partial charge < -0.3 is 15.0 Å². The molecule has 0 bridgehead atoms. The second-order valence-corrected chi connectivity index (χ2v) is 5.20. The largest absolute Gasteiger partial charge is 0.481 e. The van der Waals surface area contributed by atoms with Crippen molar-refractivity contribution >= 4 is 0 Å². The van der Waals surface area contributed by atoms with E-state index >= 15 is 0 Å². The summed E-state index contributed by atoms with van der Waals surface area (Å²) in [5.74, 6) is 2.32. The molecule has 0 spiro atoms. The molecule has 1 aliphatic carbocycles. The van der Waals surface area contributed by atoms with Crippen LogP contribution in [-0.4, -0.2) is 28.3 Å². The minimum absolute atomic E-state index is 0.265. The van der Waals surface area contributed by atoms with E-state index in [0.717, 1.165) is 30.7 Å². The summed E-state index contributed by atoms with van der Waals surface area (Å²) in [6.07, 6.45) is 5.38. The quantitative estimate of drug-likeness (QED) is 0.912. The van der Waals surface area contributed by atoms with Gasteiger partial charge in [0.15, 0.2) is 5.82 Å². The summed E-state index contributed by atoms with van der Waals surface area (Å²) in [6, 6.07) is 4.04. The third-order valence-corrected chi connectivity index (χ3v) is 3.68. The van der Waals surface area contributed by atoms with Gasteiger partial charge >= 0.3 is 0 Å². The minimum atomic E-state index is 0.265. The molecule has 0 aromatic carbocycles. The van der Waals surface area contributed by atoms with Crippen molar-refractivity contribution in [3.63, 3.8) is 0 Å². The molecule has 6 heteroatoms. The van der Waals surface area contributed by atoms with E-state index in [9.17, 15) is 0 Å². The van der Waals surface area contributed by atoms with Crippen LogP contribution in [0.5, 0.6) is 5.88 Å². The zero-order chi connectivity index (χ0) is 13.9. The summed E-state index contributed by atoms with van der Waals surface area (Å²) in [5.41, 5.74) is 6.94. The lowest BCUT2D eigenvalue weighted by Gasteiger charge is -2.01. The molecule has 1 aliphatic rings. The van der Waals surface area contributed by atoms with Crippen LogP contribution >= 0.6 is 0 Å². The molecule has 2 heterocycles. The van der Waals surface area contributed by atoms with Crippen molar-refractivity contribution in [2.75, 3.05) is 7.11 Å². The van der Waals surface area contributed by atoms with E-state index in [1.165, 1.54) is 0 Å². The average Bonchev–Trinajstić information content (AvgIpc) is 3.09. The van der Waals surface area contributed by atoms with Crippen molar-refractivity contribution in [1.82, 2.24) is 15.1 Å². The normalized spacial score (nSPS) is 22.1. The summed E-state index contributed by atoms with van der Waals surface area (Å²) in [4.78, 5) is 8.63. The first kappa shape index (κ1) is 13.1. The molecule has 1 saturated carbocycles. The van der Waals surface area contributed by atoms with E-state index in [0.29, 0.717) is 24.0 Å². The minimum Gasteiger partial charge on any atom is -0.481 e. The van der Waals surface area contributed by atoms with Crippen LogP contribution in [0.3, 0.4) is 0 Å². The molecular weight excluding hydrogens is 256 g/mol. The Balaban J connectivity index is 1.67. The zero-order valence-corrected chi connectivity index (χ0v) is 11.5. The maximum absolute atomic E-state index is 5.91. The maximum Gasteiger partial charge on any atom is 0.229 e.